The first-order valence-electron chi connectivity index (χ1n) is 5.82. The van der Waals surface area contributed by atoms with Gasteiger partial charge in [-0.3, -0.25) is 0 Å². The number of aliphatic carboxylic acids is 1. The van der Waals surface area contributed by atoms with Gasteiger partial charge in [0.1, 0.15) is 0 Å². The average molecular weight is 244 g/mol. The molecule has 1 fully saturated rings. The van der Waals surface area contributed by atoms with Crippen molar-refractivity contribution in [3.63, 3.8) is 0 Å². The molecule has 1 heterocycles. The van der Waals surface area contributed by atoms with Crippen molar-refractivity contribution in [1.82, 2.24) is 20.2 Å². The Morgan fingerprint density at radius 3 is 2.56 bits per heavy atom. The summed E-state index contributed by atoms with van der Waals surface area (Å²) in [7, 11) is 0. The summed E-state index contributed by atoms with van der Waals surface area (Å²) in [6, 6.07) is 9.39. The van der Waals surface area contributed by atoms with E-state index in [0.29, 0.717) is 18.7 Å². The first kappa shape index (κ1) is 10.9. The fraction of sp³-hybridized carbons (Fsp3) is 0.333. The molecule has 6 nitrogen and oxygen atoms in total. The smallest absolute Gasteiger partial charge is 0.331 e. The van der Waals surface area contributed by atoms with Crippen LogP contribution in [0.15, 0.2) is 30.3 Å². The van der Waals surface area contributed by atoms with Gasteiger partial charge in [0.2, 0.25) is 0 Å². The second kappa shape index (κ2) is 3.90. The fourth-order valence-corrected chi connectivity index (χ4v) is 2.27. The van der Waals surface area contributed by atoms with Crippen LogP contribution >= 0.6 is 0 Å². The highest BCUT2D eigenvalue weighted by Gasteiger charge is 2.49. The van der Waals surface area contributed by atoms with Gasteiger partial charge < -0.3 is 5.11 Å². The Labute approximate surface area is 103 Å². The molecule has 0 unspecified atom stereocenters. The normalized spacial score (nSPS) is 17.1. The van der Waals surface area contributed by atoms with Crippen LogP contribution in [0, 0.1) is 0 Å². The number of tetrazole rings is 1. The van der Waals surface area contributed by atoms with Crippen LogP contribution in [0.3, 0.4) is 0 Å². The van der Waals surface area contributed by atoms with Crippen LogP contribution < -0.4 is 0 Å². The number of carboxylic acid groups (broad SMARTS) is 1. The zero-order valence-electron chi connectivity index (χ0n) is 9.65. The number of rotatable bonds is 3. The van der Waals surface area contributed by atoms with E-state index >= 15 is 0 Å². The van der Waals surface area contributed by atoms with Crippen molar-refractivity contribution in [2.75, 3.05) is 0 Å². The van der Waals surface area contributed by atoms with Crippen molar-refractivity contribution in [2.24, 2.45) is 0 Å². The maximum atomic E-state index is 11.5. The summed E-state index contributed by atoms with van der Waals surface area (Å²) < 4.78 is 1.45. The lowest BCUT2D eigenvalue weighted by atomic mass is 9.76. The molecule has 0 spiro atoms. The Kier molecular flexibility index (Phi) is 2.36. The van der Waals surface area contributed by atoms with E-state index in [2.05, 4.69) is 15.5 Å². The van der Waals surface area contributed by atoms with Gasteiger partial charge >= 0.3 is 5.97 Å². The van der Waals surface area contributed by atoms with Gasteiger partial charge in [0.25, 0.3) is 0 Å². The van der Waals surface area contributed by atoms with Crippen molar-refractivity contribution >= 4 is 5.97 Å². The topological polar surface area (TPSA) is 80.9 Å². The number of aromatic nitrogens is 4. The van der Waals surface area contributed by atoms with Crippen LogP contribution in [-0.4, -0.2) is 31.3 Å². The molecule has 1 N–H and O–H groups in total. The number of benzene rings is 1. The molecule has 1 aliphatic carbocycles. The molecule has 0 bridgehead atoms. The second-order valence-electron chi connectivity index (χ2n) is 4.47. The summed E-state index contributed by atoms with van der Waals surface area (Å²) in [5.41, 5.74) is -0.135. The van der Waals surface area contributed by atoms with E-state index in [-0.39, 0.29) is 0 Å². The molecule has 0 amide bonds. The van der Waals surface area contributed by atoms with Gasteiger partial charge in [0.05, 0.1) is 0 Å². The third-order valence-electron chi connectivity index (χ3n) is 3.49. The van der Waals surface area contributed by atoms with Crippen molar-refractivity contribution in [1.29, 1.82) is 0 Å². The Bertz CT molecular complexity index is 575. The van der Waals surface area contributed by atoms with Gasteiger partial charge in [-0.05, 0) is 29.7 Å². The molecule has 0 aliphatic heterocycles. The highest BCUT2D eigenvalue weighted by molar-refractivity contribution is 5.78. The quantitative estimate of drug-likeness (QED) is 0.880. The van der Waals surface area contributed by atoms with Crippen LogP contribution in [0.2, 0.25) is 0 Å². The van der Waals surface area contributed by atoms with Gasteiger partial charge in [-0.15, -0.1) is 5.10 Å². The van der Waals surface area contributed by atoms with Gasteiger partial charge in [0.15, 0.2) is 11.4 Å². The Hall–Kier alpha value is -2.24. The summed E-state index contributed by atoms with van der Waals surface area (Å²) in [5, 5.41) is 20.9. The van der Waals surface area contributed by atoms with Gasteiger partial charge in [-0.25, -0.2) is 9.48 Å². The standard InChI is InChI=1S/C12H12N4O2/c17-11(18)12(7-4-8-12)16-10(13-14-15-16)9-5-2-1-3-6-9/h1-3,5-6H,4,7-8H2,(H,17,18). The van der Waals surface area contributed by atoms with Crippen molar-refractivity contribution < 1.29 is 9.90 Å². The monoisotopic (exact) mass is 244 g/mol. The second-order valence-corrected chi connectivity index (χ2v) is 4.47. The maximum absolute atomic E-state index is 11.5. The molecule has 6 heteroatoms. The van der Waals surface area contributed by atoms with E-state index < -0.39 is 11.5 Å². The summed E-state index contributed by atoms with van der Waals surface area (Å²) in [6.45, 7) is 0. The average Bonchev–Trinajstić information content (AvgIpc) is 2.77. The third kappa shape index (κ3) is 1.42. The van der Waals surface area contributed by atoms with Crippen LogP contribution in [-0.2, 0) is 10.3 Å². The van der Waals surface area contributed by atoms with Gasteiger partial charge in [-0.2, -0.15) is 0 Å². The number of hydrogen-bond donors (Lipinski definition) is 1. The lowest BCUT2D eigenvalue weighted by Crippen LogP contribution is -2.48. The summed E-state index contributed by atoms with van der Waals surface area (Å²) >= 11 is 0. The number of carbonyl (C=O) groups is 1. The Morgan fingerprint density at radius 1 is 1.28 bits per heavy atom. The number of carboxylic acids is 1. The first-order chi connectivity index (χ1) is 8.74. The SMILES string of the molecule is O=C(O)C1(n2nnnc2-c2ccccc2)CCC1. The lowest BCUT2D eigenvalue weighted by Gasteiger charge is -2.37. The fourth-order valence-electron chi connectivity index (χ4n) is 2.27. The van der Waals surface area contributed by atoms with E-state index in [9.17, 15) is 9.90 Å². The molecule has 0 radical (unpaired) electrons. The molecule has 1 saturated carbocycles. The number of hydrogen-bond acceptors (Lipinski definition) is 4. The first-order valence-corrected chi connectivity index (χ1v) is 5.82. The number of nitrogens with zero attached hydrogens (tertiary/aromatic N) is 4. The molecular weight excluding hydrogens is 232 g/mol. The van der Waals surface area contributed by atoms with E-state index in [1.165, 1.54) is 4.68 Å². The van der Waals surface area contributed by atoms with E-state index in [1.54, 1.807) is 0 Å². The van der Waals surface area contributed by atoms with Crippen LogP contribution in [0.5, 0.6) is 0 Å². The summed E-state index contributed by atoms with van der Waals surface area (Å²) in [6.07, 6.45) is 2.04. The Morgan fingerprint density at radius 2 is 2.00 bits per heavy atom. The van der Waals surface area contributed by atoms with Crippen LogP contribution in [0.25, 0.3) is 11.4 Å². The predicted octanol–water partition coefficient (Wildman–Crippen LogP) is 1.30. The zero-order chi connectivity index (χ0) is 12.6. The molecule has 1 aromatic heterocycles. The van der Waals surface area contributed by atoms with Gasteiger partial charge in [-0.1, -0.05) is 30.3 Å². The van der Waals surface area contributed by atoms with E-state index in [4.69, 9.17) is 0 Å². The minimum Gasteiger partial charge on any atom is -0.479 e. The molecule has 18 heavy (non-hydrogen) atoms. The molecule has 3 rings (SSSR count). The summed E-state index contributed by atoms with van der Waals surface area (Å²) in [5.74, 6) is -0.351. The molecular formula is C12H12N4O2. The Balaban J connectivity index is 2.10. The third-order valence-corrected chi connectivity index (χ3v) is 3.49. The lowest BCUT2D eigenvalue weighted by molar-refractivity contribution is -0.153. The molecule has 0 saturated heterocycles. The summed E-state index contributed by atoms with van der Waals surface area (Å²) in [4.78, 5) is 11.5. The minimum atomic E-state index is -0.964. The molecule has 1 aromatic carbocycles. The molecule has 92 valence electrons. The van der Waals surface area contributed by atoms with Crippen LogP contribution in [0.4, 0.5) is 0 Å². The highest BCUT2D eigenvalue weighted by atomic mass is 16.4. The van der Waals surface area contributed by atoms with Crippen molar-refractivity contribution in [3.8, 4) is 11.4 Å². The maximum Gasteiger partial charge on any atom is 0.331 e. The van der Waals surface area contributed by atoms with Crippen molar-refractivity contribution in [3.05, 3.63) is 30.3 Å². The van der Waals surface area contributed by atoms with E-state index in [1.807, 2.05) is 30.3 Å². The predicted molar refractivity (Wildman–Crippen MR) is 62.7 cm³/mol. The zero-order valence-corrected chi connectivity index (χ0v) is 9.65. The minimum absolute atomic E-state index is 0.512. The largest absolute Gasteiger partial charge is 0.479 e. The van der Waals surface area contributed by atoms with E-state index in [0.717, 1.165) is 12.0 Å². The molecule has 1 aliphatic rings. The highest BCUT2D eigenvalue weighted by Crippen LogP contribution is 2.40. The van der Waals surface area contributed by atoms with Gasteiger partial charge in [0, 0.05) is 5.56 Å². The van der Waals surface area contributed by atoms with Crippen molar-refractivity contribution in [2.45, 2.75) is 24.8 Å². The van der Waals surface area contributed by atoms with Crippen LogP contribution in [0.1, 0.15) is 19.3 Å². The molecule has 2 aromatic rings. The molecule has 0 atom stereocenters.